The summed E-state index contributed by atoms with van der Waals surface area (Å²) in [4.78, 5) is 19.4. The molecule has 0 atom stereocenters. The molecule has 2 heterocycles. The molecule has 2 aliphatic rings. The quantitative estimate of drug-likeness (QED) is 0.761. The van der Waals surface area contributed by atoms with E-state index in [9.17, 15) is 4.79 Å². The Bertz CT molecular complexity index is 888. The average Bonchev–Trinajstić information content (AvgIpc) is 2.77. The van der Waals surface area contributed by atoms with Crippen molar-refractivity contribution < 1.29 is 4.79 Å². The van der Waals surface area contributed by atoms with Crippen molar-refractivity contribution in [3.05, 3.63) is 70.8 Å². The van der Waals surface area contributed by atoms with E-state index in [2.05, 4.69) is 53.1 Å². The van der Waals surface area contributed by atoms with Crippen LogP contribution in [-0.4, -0.2) is 61.5 Å². The Hall–Kier alpha value is -2.30. The SMILES string of the molecule is Cc1ccc(Cl)cc1N1CCN(CC(=O)N2CC=C(c3ccccc3)CC2)CC1. The predicted molar refractivity (Wildman–Crippen MR) is 120 cm³/mol. The fraction of sp³-hybridized carbons (Fsp3) is 0.375. The molecule has 0 N–H and O–H groups in total. The molecule has 29 heavy (non-hydrogen) atoms. The monoisotopic (exact) mass is 409 g/mol. The first kappa shape index (κ1) is 20.0. The number of carbonyl (C=O) groups is 1. The van der Waals surface area contributed by atoms with Gasteiger partial charge >= 0.3 is 0 Å². The number of anilines is 1. The molecular formula is C24H28ClN3O. The van der Waals surface area contributed by atoms with Gasteiger partial charge in [-0.25, -0.2) is 0 Å². The number of halogens is 1. The normalized spacial score (nSPS) is 17.9. The van der Waals surface area contributed by atoms with Crippen LogP contribution in [0.5, 0.6) is 0 Å². The van der Waals surface area contributed by atoms with E-state index in [1.807, 2.05) is 23.1 Å². The predicted octanol–water partition coefficient (Wildman–Crippen LogP) is 4.09. The van der Waals surface area contributed by atoms with Crippen molar-refractivity contribution in [1.82, 2.24) is 9.80 Å². The Morgan fingerprint density at radius 1 is 1.00 bits per heavy atom. The molecule has 0 saturated carbocycles. The van der Waals surface area contributed by atoms with Crippen molar-refractivity contribution >= 4 is 28.8 Å². The van der Waals surface area contributed by atoms with Crippen molar-refractivity contribution in [3.8, 4) is 0 Å². The number of rotatable bonds is 4. The van der Waals surface area contributed by atoms with E-state index in [1.165, 1.54) is 22.4 Å². The van der Waals surface area contributed by atoms with Crippen molar-refractivity contribution in [3.63, 3.8) is 0 Å². The molecule has 0 bridgehead atoms. The summed E-state index contributed by atoms with van der Waals surface area (Å²) in [5.74, 6) is 0.237. The maximum absolute atomic E-state index is 12.8. The first-order valence-electron chi connectivity index (χ1n) is 10.4. The summed E-state index contributed by atoms with van der Waals surface area (Å²) in [6, 6.07) is 16.5. The van der Waals surface area contributed by atoms with Gasteiger partial charge in [-0.2, -0.15) is 0 Å². The zero-order valence-electron chi connectivity index (χ0n) is 17.0. The fourth-order valence-electron chi connectivity index (χ4n) is 4.17. The van der Waals surface area contributed by atoms with Crippen molar-refractivity contribution in [2.75, 3.05) is 50.7 Å². The zero-order valence-corrected chi connectivity index (χ0v) is 17.7. The fourth-order valence-corrected chi connectivity index (χ4v) is 4.34. The smallest absolute Gasteiger partial charge is 0.237 e. The lowest BCUT2D eigenvalue weighted by molar-refractivity contribution is -0.132. The number of nitrogens with zero attached hydrogens (tertiary/aromatic N) is 3. The average molecular weight is 410 g/mol. The number of hydrogen-bond acceptors (Lipinski definition) is 3. The number of amides is 1. The van der Waals surface area contributed by atoms with Crippen LogP contribution in [0.3, 0.4) is 0 Å². The van der Waals surface area contributed by atoms with Crippen LogP contribution in [-0.2, 0) is 4.79 Å². The van der Waals surface area contributed by atoms with Gasteiger partial charge in [0.15, 0.2) is 0 Å². The van der Waals surface area contributed by atoms with Gasteiger partial charge in [-0.05, 0) is 42.2 Å². The van der Waals surface area contributed by atoms with Crippen LogP contribution in [0.1, 0.15) is 17.5 Å². The summed E-state index contributed by atoms with van der Waals surface area (Å²) < 4.78 is 0. The molecule has 5 heteroatoms. The highest BCUT2D eigenvalue weighted by Crippen LogP contribution is 2.26. The summed E-state index contributed by atoms with van der Waals surface area (Å²) in [5, 5.41) is 0.774. The molecule has 1 saturated heterocycles. The molecule has 0 aliphatic carbocycles. The molecule has 1 amide bonds. The largest absolute Gasteiger partial charge is 0.369 e. The summed E-state index contributed by atoms with van der Waals surface area (Å²) in [6.45, 7) is 7.80. The molecule has 152 valence electrons. The van der Waals surface area contributed by atoms with Gasteiger partial charge in [-0.15, -0.1) is 0 Å². The van der Waals surface area contributed by atoms with Gasteiger partial charge in [0.25, 0.3) is 0 Å². The van der Waals surface area contributed by atoms with Crippen molar-refractivity contribution in [1.29, 1.82) is 0 Å². The van der Waals surface area contributed by atoms with Crippen LogP contribution in [0, 0.1) is 6.92 Å². The minimum atomic E-state index is 0.237. The van der Waals surface area contributed by atoms with Gasteiger partial charge in [-0.1, -0.05) is 54.1 Å². The van der Waals surface area contributed by atoms with E-state index < -0.39 is 0 Å². The van der Waals surface area contributed by atoms with Gasteiger partial charge in [0, 0.05) is 50.0 Å². The van der Waals surface area contributed by atoms with Crippen LogP contribution < -0.4 is 4.90 Å². The van der Waals surface area contributed by atoms with Gasteiger partial charge < -0.3 is 9.80 Å². The lowest BCUT2D eigenvalue weighted by Gasteiger charge is -2.37. The van der Waals surface area contributed by atoms with Crippen molar-refractivity contribution in [2.24, 2.45) is 0 Å². The lowest BCUT2D eigenvalue weighted by Crippen LogP contribution is -2.50. The molecule has 2 aromatic rings. The third kappa shape index (κ3) is 4.82. The summed E-state index contributed by atoms with van der Waals surface area (Å²) in [5.41, 5.74) is 5.07. The van der Waals surface area contributed by atoms with E-state index in [0.29, 0.717) is 13.1 Å². The Kier molecular flexibility index (Phi) is 6.22. The van der Waals surface area contributed by atoms with Crippen LogP contribution in [0.2, 0.25) is 5.02 Å². The first-order chi connectivity index (χ1) is 14.1. The van der Waals surface area contributed by atoms with E-state index in [-0.39, 0.29) is 5.91 Å². The second kappa shape index (κ2) is 9.02. The first-order valence-corrected chi connectivity index (χ1v) is 10.7. The zero-order chi connectivity index (χ0) is 20.2. The number of carbonyl (C=O) groups excluding carboxylic acids is 1. The van der Waals surface area contributed by atoms with E-state index in [1.54, 1.807) is 0 Å². The van der Waals surface area contributed by atoms with Gasteiger partial charge in [0.05, 0.1) is 6.54 Å². The highest BCUT2D eigenvalue weighted by atomic mass is 35.5. The van der Waals surface area contributed by atoms with Gasteiger partial charge in [0.1, 0.15) is 0 Å². The molecule has 0 aromatic heterocycles. The highest BCUT2D eigenvalue weighted by molar-refractivity contribution is 6.30. The number of piperazine rings is 1. The van der Waals surface area contributed by atoms with Crippen LogP contribution >= 0.6 is 11.6 Å². The Morgan fingerprint density at radius 2 is 1.76 bits per heavy atom. The molecule has 0 unspecified atom stereocenters. The number of hydrogen-bond donors (Lipinski definition) is 0. The van der Waals surface area contributed by atoms with Crippen LogP contribution in [0.25, 0.3) is 5.57 Å². The standard InChI is InChI=1S/C24H28ClN3O/c1-19-7-8-22(25)17-23(19)27-15-13-26(14-16-27)18-24(29)28-11-9-21(10-12-28)20-5-3-2-4-6-20/h2-9,17H,10-16,18H2,1H3. The van der Waals surface area contributed by atoms with Crippen LogP contribution in [0.15, 0.2) is 54.6 Å². The Morgan fingerprint density at radius 3 is 2.45 bits per heavy atom. The highest BCUT2D eigenvalue weighted by Gasteiger charge is 2.24. The summed E-state index contributed by atoms with van der Waals surface area (Å²) >= 11 is 6.18. The Balaban J connectivity index is 1.28. The number of benzene rings is 2. The molecule has 0 spiro atoms. The minimum Gasteiger partial charge on any atom is -0.369 e. The Labute approximate surface area is 178 Å². The van der Waals surface area contributed by atoms with E-state index in [4.69, 9.17) is 11.6 Å². The molecule has 4 rings (SSSR count). The molecule has 4 nitrogen and oxygen atoms in total. The minimum absolute atomic E-state index is 0.237. The van der Waals surface area contributed by atoms with E-state index in [0.717, 1.165) is 44.2 Å². The van der Waals surface area contributed by atoms with Gasteiger partial charge in [-0.3, -0.25) is 9.69 Å². The van der Waals surface area contributed by atoms with E-state index >= 15 is 0 Å². The van der Waals surface area contributed by atoms with Crippen molar-refractivity contribution in [2.45, 2.75) is 13.3 Å². The third-order valence-electron chi connectivity index (χ3n) is 5.95. The number of aryl methyl sites for hydroxylation is 1. The molecule has 2 aromatic carbocycles. The lowest BCUT2D eigenvalue weighted by atomic mass is 9.99. The summed E-state index contributed by atoms with van der Waals surface area (Å²) in [7, 11) is 0. The maximum Gasteiger partial charge on any atom is 0.237 e. The summed E-state index contributed by atoms with van der Waals surface area (Å²) in [6.07, 6.45) is 3.13. The molecule has 1 fully saturated rings. The molecule has 0 radical (unpaired) electrons. The van der Waals surface area contributed by atoms with Crippen LogP contribution in [0.4, 0.5) is 5.69 Å². The second-order valence-electron chi connectivity index (χ2n) is 7.88. The topological polar surface area (TPSA) is 26.8 Å². The third-order valence-corrected chi connectivity index (χ3v) is 6.18. The second-order valence-corrected chi connectivity index (χ2v) is 8.32. The maximum atomic E-state index is 12.8. The molecule has 2 aliphatic heterocycles. The van der Waals surface area contributed by atoms with Gasteiger partial charge in [0.2, 0.25) is 5.91 Å². The molecular weight excluding hydrogens is 382 g/mol.